The van der Waals surface area contributed by atoms with Crippen molar-refractivity contribution in [3.8, 4) is 0 Å². The van der Waals surface area contributed by atoms with Gasteiger partial charge >= 0.3 is 0 Å². The van der Waals surface area contributed by atoms with Crippen molar-refractivity contribution in [2.24, 2.45) is 0 Å². The topological polar surface area (TPSA) is 29.5 Å². The van der Waals surface area contributed by atoms with Gasteiger partial charge in [0.05, 0.1) is 0 Å². The first-order chi connectivity index (χ1) is 7.41. The van der Waals surface area contributed by atoms with E-state index in [4.69, 9.17) is 21.4 Å². The van der Waals surface area contributed by atoms with E-state index in [-0.39, 0.29) is 0 Å². The second-order valence-electron chi connectivity index (χ2n) is 3.85. The number of unbranched alkanes of at least 4 members (excludes halogenated alkanes) is 6. The fourth-order valence-electron chi connectivity index (χ4n) is 1.42. The van der Waals surface area contributed by atoms with Crippen molar-refractivity contribution in [2.45, 2.75) is 51.4 Å². The lowest BCUT2D eigenvalue weighted by molar-refractivity contribution is 0.125. The highest BCUT2D eigenvalue weighted by Crippen LogP contribution is 2.03. The molecule has 92 valence electrons. The zero-order valence-electron chi connectivity index (χ0n) is 9.72. The van der Waals surface area contributed by atoms with Crippen LogP contribution in [0.15, 0.2) is 0 Å². The maximum Gasteiger partial charge on any atom is 0.0466 e. The Labute approximate surface area is 99.0 Å². The lowest BCUT2D eigenvalue weighted by Gasteiger charge is -2.03. The summed E-state index contributed by atoms with van der Waals surface area (Å²) >= 11 is 5.58. The van der Waals surface area contributed by atoms with Crippen LogP contribution in [0.1, 0.15) is 51.4 Å². The molecule has 0 saturated carbocycles. The van der Waals surface area contributed by atoms with E-state index >= 15 is 0 Å². The van der Waals surface area contributed by atoms with Crippen molar-refractivity contribution in [2.75, 3.05) is 25.7 Å². The van der Waals surface area contributed by atoms with Crippen molar-refractivity contribution in [1.82, 2.24) is 0 Å². The number of halogens is 1. The minimum Gasteiger partial charge on any atom is -0.396 e. The third-order valence-corrected chi connectivity index (χ3v) is 2.64. The molecule has 15 heavy (non-hydrogen) atoms. The molecule has 0 radical (unpaired) electrons. The summed E-state index contributed by atoms with van der Waals surface area (Å²) < 4.78 is 5.50. The van der Waals surface area contributed by atoms with E-state index < -0.39 is 0 Å². The monoisotopic (exact) mass is 236 g/mol. The molecule has 0 aromatic heterocycles. The Hall–Kier alpha value is 0.210. The molecular weight excluding hydrogens is 212 g/mol. The van der Waals surface area contributed by atoms with Crippen LogP contribution in [0.3, 0.4) is 0 Å². The smallest absolute Gasteiger partial charge is 0.0466 e. The van der Waals surface area contributed by atoms with E-state index in [9.17, 15) is 0 Å². The summed E-state index contributed by atoms with van der Waals surface area (Å²) in [6, 6.07) is 0. The average molecular weight is 237 g/mol. The third-order valence-electron chi connectivity index (χ3n) is 2.37. The Morgan fingerprint density at radius 3 is 1.80 bits per heavy atom. The number of aliphatic hydroxyl groups excluding tert-OH is 1. The van der Waals surface area contributed by atoms with Crippen molar-refractivity contribution in [3.05, 3.63) is 0 Å². The van der Waals surface area contributed by atoms with Gasteiger partial charge in [0, 0.05) is 25.7 Å². The molecule has 0 rings (SSSR count). The van der Waals surface area contributed by atoms with Crippen molar-refractivity contribution < 1.29 is 9.84 Å². The largest absolute Gasteiger partial charge is 0.396 e. The molecule has 0 aromatic rings. The van der Waals surface area contributed by atoms with Crippen molar-refractivity contribution in [3.63, 3.8) is 0 Å². The quantitative estimate of drug-likeness (QED) is 0.416. The highest BCUT2D eigenvalue weighted by Gasteiger charge is 1.92. The highest BCUT2D eigenvalue weighted by atomic mass is 35.5. The first-order valence-electron chi connectivity index (χ1n) is 6.16. The Balaban J connectivity index is 2.81. The van der Waals surface area contributed by atoms with E-state index in [0.717, 1.165) is 51.2 Å². The molecule has 0 unspecified atom stereocenters. The van der Waals surface area contributed by atoms with Crippen LogP contribution in [0.5, 0.6) is 0 Å². The first kappa shape index (κ1) is 15.2. The van der Waals surface area contributed by atoms with Gasteiger partial charge in [0.1, 0.15) is 0 Å². The molecule has 0 atom stereocenters. The zero-order chi connectivity index (χ0) is 11.2. The fourth-order valence-corrected chi connectivity index (χ4v) is 1.61. The Morgan fingerprint density at radius 1 is 0.733 bits per heavy atom. The standard InChI is InChI=1S/C12H25ClO2/c13-9-5-1-3-7-11-15-12-8-4-2-6-10-14/h14H,1-12H2. The van der Waals surface area contributed by atoms with Crippen LogP contribution in [0.4, 0.5) is 0 Å². The summed E-state index contributed by atoms with van der Waals surface area (Å²) in [5.74, 6) is 0.783. The molecule has 2 nitrogen and oxygen atoms in total. The summed E-state index contributed by atoms with van der Waals surface area (Å²) in [6.45, 7) is 2.09. The van der Waals surface area contributed by atoms with Gasteiger partial charge in [-0.2, -0.15) is 0 Å². The van der Waals surface area contributed by atoms with Crippen molar-refractivity contribution >= 4 is 11.6 Å². The van der Waals surface area contributed by atoms with E-state index in [0.29, 0.717) is 6.61 Å². The molecule has 0 spiro atoms. The van der Waals surface area contributed by atoms with Gasteiger partial charge in [0.2, 0.25) is 0 Å². The van der Waals surface area contributed by atoms with E-state index in [1.165, 1.54) is 19.3 Å². The lowest BCUT2D eigenvalue weighted by atomic mass is 10.2. The number of alkyl halides is 1. The third kappa shape index (κ3) is 14.2. The number of ether oxygens (including phenoxy) is 1. The number of rotatable bonds is 12. The maximum absolute atomic E-state index is 8.57. The van der Waals surface area contributed by atoms with Crippen LogP contribution >= 0.6 is 11.6 Å². The predicted molar refractivity (Wildman–Crippen MR) is 65.6 cm³/mol. The fraction of sp³-hybridized carbons (Fsp3) is 1.00. The van der Waals surface area contributed by atoms with Crippen LogP contribution in [0, 0.1) is 0 Å². The van der Waals surface area contributed by atoms with Gasteiger partial charge in [-0.05, 0) is 25.7 Å². The molecule has 0 aromatic carbocycles. The molecule has 0 fully saturated rings. The van der Waals surface area contributed by atoms with Crippen molar-refractivity contribution in [1.29, 1.82) is 0 Å². The van der Waals surface area contributed by atoms with Gasteiger partial charge in [0.15, 0.2) is 0 Å². The van der Waals surface area contributed by atoms with E-state index in [1.807, 2.05) is 0 Å². The summed E-state index contributed by atoms with van der Waals surface area (Å²) in [7, 11) is 0. The molecule has 0 aliphatic carbocycles. The van der Waals surface area contributed by atoms with Gasteiger partial charge < -0.3 is 9.84 Å². The second kappa shape index (κ2) is 14.2. The molecule has 1 N–H and O–H groups in total. The molecule has 0 saturated heterocycles. The van der Waals surface area contributed by atoms with Gasteiger partial charge in [-0.1, -0.05) is 25.7 Å². The Bertz CT molecular complexity index is 97.8. The number of aliphatic hydroxyl groups is 1. The van der Waals surface area contributed by atoms with Crippen LogP contribution in [-0.4, -0.2) is 30.8 Å². The molecule has 0 aliphatic rings. The minimum atomic E-state index is 0.321. The van der Waals surface area contributed by atoms with Crippen LogP contribution in [0.25, 0.3) is 0 Å². The lowest BCUT2D eigenvalue weighted by Crippen LogP contribution is -1.97. The molecule has 0 bridgehead atoms. The normalized spacial score (nSPS) is 10.8. The van der Waals surface area contributed by atoms with Gasteiger partial charge in [-0.3, -0.25) is 0 Å². The van der Waals surface area contributed by atoms with Crippen LogP contribution < -0.4 is 0 Å². The molecular formula is C12H25ClO2. The SMILES string of the molecule is OCCCCCCOCCCCCCCl. The summed E-state index contributed by atoms with van der Waals surface area (Å²) in [4.78, 5) is 0. The number of hydrogen-bond acceptors (Lipinski definition) is 2. The highest BCUT2D eigenvalue weighted by molar-refractivity contribution is 6.17. The Morgan fingerprint density at radius 2 is 1.27 bits per heavy atom. The maximum atomic E-state index is 8.57. The predicted octanol–water partition coefficient (Wildman–Crippen LogP) is 3.35. The van der Waals surface area contributed by atoms with E-state index in [1.54, 1.807) is 0 Å². The molecule has 3 heteroatoms. The second-order valence-corrected chi connectivity index (χ2v) is 4.23. The van der Waals surface area contributed by atoms with Crippen LogP contribution in [-0.2, 0) is 4.74 Å². The minimum absolute atomic E-state index is 0.321. The molecule has 0 amide bonds. The summed E-state index contributed by atoms with van der Waals surface area (Å²) in [6.07, 6.45) is 9.10. The average Bonchev–Trinajstić information content (AvgIpc) is 2.26. The van der Waals surface area contributed by atoms with Gasteiger partial charge in [-0.15, -0.1) is 11.6 Å². The van der Waals surface area contributed by atoms with Gasteiger partial charge in [0.25, 0.3) is 0 Å². The van der Waals surface area contributed by atoms with Crippen LogP contribution in [0.2, 0.25) is 0 Å². The first-order valence-corrected chi connectivity index (χ1v) is 6.70. The zero-order valence-corrected chi connectivity index (χ0v) is 10.5. The van der Waals surface area contributed by atoms with Gasteiger partial charge in [-0.25, -0.2) is 0 Å². The Kier molecular flexibility index (Phi) is 14.4. The summed E-state index contributed by atoms with van der Waals surface area (Å²) in [5.41, 5.74) is 0. The van der Waals surface area contributed by atoms with E-state index in [2.05, 4.69) is 0 Å². The summed E-state index contributed by atoms with van der Waals surface area (Å²) in [5, 5.41) is 8.57. The molecule has 0 heterocycles. The number of hydrogen-bond donors (Lipinski definition) is 1. The molecule has 0 aliphatic heterocycles.